The zero-order valence-electron chi connectivity index (χ0n) is 16.6. The molecule has 0 saturated heterocycles. The molecule has 0 heterocycles. The Kier molecular flexibility index (Phi) is 6.51. The van der Waals surface area contributed by atoms with Gasteiger partial charge < -0.3 is 20.5 Å². The number of fused-ring (bicyclic) bond motifs is 3. The van der Waals surface area contributed by atoms with Crippen LogP contribution in [-0.4, -0.2) is 41.8 Å². The number of amides is 2. The molecule has 7 nitrogen and oxygen atoms in total. The van der Waals surface area contributed by atoms with Crippen molar-refractivity contribution in [3.8, 4) is 11.1 Å². The summed E-state index contributed by atoms with van der Waals surface area (Å²) in [5.74, 6) is -1.87. The van der Waals surface area contributed by atoms with E-state index in [1.807, 2.05) is 48.5 Å². The van der Waals surface area contributed by atoms with Gasteiger partial charge in [0.25, 0.3) is 0 Å². The summed E-state index contributed by atoms with van der Waals surface area (Å²) in [5, 5.41) is 13.8. The average Bonchev–Trinajstić information content (AvgIpc) is 3.05. The second-order valence-corrected chi connectivity index (χ2v) is 7.12. The Morgan fingerprint density at radius 2 is 1.63 bits per heavy atom. The minimum absolute atomic E-state index is 0.0955. The van der Waals surface area contributed by atoms with Gasteiger partial charge in [-0.15, -0.1) is 6.58 Å². The van der Waals surface area contributed by atoms with Crippen LogP contribution in [0.1, 0.15) is 30.4 Å². The Morgan fingerprint density at radius 3 is 2.17 bits per heavy atom. The van der Waals surface area contributed by atoms with E-state index in [1.165, 1.54) is 13.0 Å². The molecule has 0 aliphatic heterocycles. The van der Waals surface area contributed by atoms with Crippen molar-refractivity contribution in [2.24, 2.45) is 0 Å². The molecule has 1 aliphatic carbocycles. The maximum absolute atomic E-state index is 12.4. The number of nitrogens with one attached hydrogen (secondary N) is 2. The summed E-state index contributed by atoms with van der Waals surface area (Å²) in [6.07, 6.45) is 0.865. The summed E-state index contributed by atoms with van der Waals surface area (Å²) >= 11 is 0. The van der Waals surface area contributed by atoms with Crippen LogP contribution in [0.5, 0.6) is 0 Å². The van der Waals surface area contributed by atoms with Crippen molar-refractivity contribution in [3.05, 3.63) is 72.3 Å². The number of carboxylic acids is 1. The first kappa shape index (κ1) is 21.1. The highest BCUT2D eigenvalue weighted by atomic mass is 16.5. The molecule has 3 rings (SSSR count). The number of hydrogen-bond acceptors (Lipinski definition) is 4. The summed E-state index contributed by atoms with van der Waals surface area (Å²) in [6.45, 7) is 5.04. The molecule has 30 heavy (non-hydrogen) atoms. The van der Waals surface area contributed by atoms with E-state index in [4.69, 9.17) is 9.84 Å². The predicted octanol–water partition coefficient (Wildman–Crippen LogP) is 3.06. The molecule has 2 aromatic carbocycles. The molecule has 0 saturated carbocycles. The summed E-state index contributed by atoms with van der Waals surface area (Å²) in [6, 6.07) is 13.9. The number of alkyl carbamates (subject to hydrolysis) is 1. The van der Waals surface area contributed by atoms with Gasteiger partial charge in [0.05, 0.1) is 0 Å². The topological polar surface area (TPSA) is 105 Å². The molecular weight excluding hydrogens is 384 g/mol. The van der Waals surface area contributed by atoms with Gasteiger partial charge in [0.15, 0.2) is 0 Å². The van der Waals surface area contributed by atoms with E-state index >= 15 is 0 Å². The third-order valence-corrected chi connectivity index (χ3v) is 5.08. The van der Waals surface area contributed by atoms with E-state index in [0.717, 1.165) is 22.3 Å². The van der Waals surface area contributed by atoms with Gasteiger partial charge in [0.1, 0.15) is 18.7 Å². The zero-order chi connectivity index (χ0) is 21.7. The second-order valence-electron chi connectivity index (χ2n) is 7.12. The van der Waals surface area contributed by atoms with Crippen LogP contribution >= 0.6 is 0 Å². The van der Waals surface area contributed by atoms with E-state index in [-0.39, 0.29) is 18.9 Å². The molecule has 0 spiro atoms. The summed E-state index contributed by atoms with van der Waals surface area (Å²) < 4.78 is 5.44. The third kappa shape index (κ3) is 4.51. The molecule has 7 heteroatoms. The van der Waals surface area contributed by atoms with Crippen molar-refractivity contribution in [2.45, 2.75) is 31.3 Å². The van der Waals surface area contributed by atoms with Gasteiger partial charge in [-0.05, 0) is 35.6 Å². The number of hydrogen-bond donors (Lipinski definition) is 3. The first-order valence-electron chi connectivity index (χ1n) is 9.68. The van der Waals surface area contributed by atoms with Gasteiger partial charge in [0.2, 0.25) is 5.91 Å². The molecule has 1 unspecified atom stereocenters. The Balaban J connectivity index is 1.65. The largest absolute Gasteiger partial charge is 0.480 e. The van der Waals surface area contributed by atoms with Gasteiger partial charge in [-0.3, -0.25) is 9.59 Å². The number of ether oxygens (including phenoxy) is 1. The highest BCUT2D eigenvalue weighted by Gasteiger charge is 2.30. The van der Waals surface area contributed by atoms with Crippen LogP contribution in [0.2, 0.25) is 0 Å². The van der Waals surface area contributed by atoms with Crippen LogP contribution in [-0.2, 0) is 14.3 Å². The summed E-state index contributed by atoms with van der Waals surface area (Å²) in [7, 11) is 0. The predicted molar refractivity (Wildman–Crippen MR) is 112 cm³/mol. The van der Waals surface area contributed by atoms with Gasteiger partial charge in [-0.2, -0.15) is 0 Å². The summed E-state index contributed by atoms with van der Waals surface area (Å²) in [5.41, 5.74) is 4.41. The van der Waals surface area contributed by atoms with Crippen LogP contribution in [0.25, 0.3) is 11.1 Å². The lowest BCUT2D eigenvalue weighted by Crippen LogP contribution is -2.50. The van der Waals surface area contributed by atoms with Crippen LogP contribution in [0.4, 0.5) is 4.79 Å². The fourth-order valence-corrected chi connectivity index (χ4v) is 3.56. The number of rotatable bonds is 8. The molecule has 2 atom stereocenters. The van der Waals surface area contributed by atoms with Gasteiger partial charge in [0, 0.05) is 5.92 Å². The van der Waals surface area contributed by atoms with Crippen LogP contribution in [0, 0.1) is 0 Å². The molecule has 1 aliphatic rings. The van der Waals surface area contributed by atoms with Gasteiger partial charge >= 0.3 is 12.1 Å². The van der Waals surface area contributed by atoms with Crippen LogP contribution in [0.15, 0.2) is 61.2 Å². The molecule has 3 N–H and O–H groups in total. The highest BCUT2D eigenvalue weighted by Crippen LogP contribution is 2.44. The smallest absolute Gasteiger partial charge is 0.407 e. The van der Waals surface area contributed by atoms with E-state index in [1.54, 1.807) is 0 Å². The van der Waals surface area contributed by atoms with Gasteiger partial charge in [-0.1, -0.05) is 54.6 Å². The average molecular weight is 408 g/mol. The maximum Gasteiger partial charge on any atom is 0.407 e. The molecule has 0 bridgehead atoms. The highest BCUT2D eigenvalue weighted by molar-refractivity contribution is 5.89. The first-order chi connectivity index (χ1) is 14.4. The van der Waals surface area contributed by atoms with Crippen molar-refractivity contribution in [3.63, 3.8) is 0 Å². The standard InChI is InChI=1S/C23H24N2O5/c1-3-8-20(21(26)24-14(2)22(27)28)25-23(29)30-13-19-17-11-6-4-9-15(17)16-10-5-7-12-18(16)19/h3-7,9-12,14,19-20H,1,8,13H2,2H3,(H,24,26)(H,25,29)(H,27,28)/t14-,20?/m0/s1. The Labute approximate surface area is 174 Å². The Morgan fingerprint density at radius 1 is 1.07 bits per heavy atom. The second kappa shape index (κ2) is 9.26. The number of aliphatic carboxylic acids is 1. The third-order valence-electron chi connectivity index (χ3n) is 5.08. The molecule has 156 valence electrons. The van der Waals surface area contributed by atoms with Crippen LogP contribution in [0.3, 0.4) is 0 Å². The zero-order valence-corrected chi connectivity index (χ0v) is 16.6. The number of benzene rings is 2. The SMILES string of the molecule is C=CCC(NC(=O)OCC1c2ccccc2-c2ccccc21)C(=O)N[C@@H](C)C(=O)O. The summed E-state index contributed by atoms with van der Waals surface area (Å²) in [4.78, 5) is 35.6. The van der Waals surface area contributed by atoms with Crippen LogP contribution < -0.4 is 10.6 Å². The Hall–Kier alpha value is -3.61. The number of carbonyl (C=O) groups is 3. The molecular formula is C23H24N2O5. The normalized spacial score (nSPS) is 14.0. The van der Waals surface area contributed by atoms with E-state index < -0.39 is 30.1 Å². The monoisotopic (exact) mass is 408 g/mol. The maximum atomic E-state index is 12.4. The fourth-order valence-electron chi connectivity index (χ4n) is 3.56. The lowest BCUT2D eigenvalue weighted by Gasteiger charge is -2.20. The van der Waals surface area contributed by atoms with Crippen molar-refractivity contribution in [1.29, 1.82) is 0 Å². The van der Waals surface area contributed by atoms with Crippen molar-refractivity contribution in [1.82, 2.24) is 10.6 Å². The van der Waals surface area contributed by atoms with Crippen molar-refractivity contribution < 1.29 is 24.2 Å². The minimum Gasteiger partial charge on any atom is -0.480 e. The molecule has 0 radical (unpaired) electrons. The molecule has 2 aromatic rings. The van der Waals surface area contributed by atoms with Crippen molar-refractivity contribution >= 4 is 18.0 Å². The molecule has 2 amide bonds. The minimum atomic E-state index is -1.16. The fraction of sp³-hybridized carbons (Fsp3) is 0.261. The van der Waals surface area contributed by atoms with E-state index in [9.17, 15) is 14.4 Å². The Bertz CT molecular complexity index is 926. The lowest BCUT2D eigenvalue weighted by atomic mass is 9.98. The number of carbonyl (C=O) groups excluding carboxylic acids is 2. The molecule has 0 fully saturated rings. The van der Waals surface area contributed by atoms with E-state index in [2.05, 4.69) is 17.2 Å². The number of carboxylic acid groups (broad SMARTS) is 1. The van der Waals surface area contributed by atoms with E-state index in [0.29, 0.717) is 0 Å². The quantitative estimate of drug-likeness (QED) is 0.583. The lowest BCUT2D eigenvalue weighted by molar-refractivity contribution is -0.141. The van der Waals surface area contributed by atoms with Crippen molar-refractivity contribution in [2.75, 3.05) is 6.61 Å². The first-order valence-corrected chi connectivity index (χ1v) is 9.68. The van der Waals surface area contributed by atoms with Gasteiger partial charge in [-0.25, -0.2) is 4.79 Å². The molecule has 0 aromatic heterocycles.